The van der Waals surface area contributed by atoms with Crippen LogP contribution in [0.2, 0.25) is 5.28 Å². The summed E-state index contributed by atoms with van der Waals surface area (Å²) in [5.41, 5.74) is -0.945. The lowest BCUT2D eigenvalue weighted by Gasteiger charge is -2.32. The standard InChI is InChI=1S/C13H16ClN3O3/c14-12-15-7-4-9(17-12)16-10(18)8-13(11(19)20)5-2-1-3-6-13/h4,7H,1-3,5-6,8H2,(H,19,20)(H,15,16,17,18). The lowest BCUT2D eigenvalue weighted by atomic mass is 9.71. The molecule has 2 rings (SSSR count). The van der Waals surface area contributed by atoms with Gasteiger partial charge < -0.3 is 10.4 Å². The smallest absolute Gasteiger partial charge is 0.310 e. The molecule has 7 heteroatoms. The summed E-state index contributed by atoms with van der Waals surface area (Å²) in [6, 6.07) is 1.51. The molecule has 2 N–H and O–H groups in total. The molecule has 0 spiro atoms. The Kier molecular flexibility index (Phi) is 4.54. The number of halogens is 1. The predicted octanol–water partition coefficient (Wildman–Crippen LogP) is 2.49. The number of hydrogen-bond donors (Lipinski definition) is 2. The average Bonchev–Trinajstić information content (AvgIpc) is 2.39. The molecule has 1 aromatic rings. The normalized spacial score (nSPS) is 17.4. The summed E-state index contributed by atoms with van der Waals surface area (Å²) in [5, 5.41) is 12.0. The number of amides is 1. The minimum atomic E-state index is -0.945. The number of aliphatic carboxylic acids is 1. The maximum Gasteiger partial charge on any atom is 0.310 e. The van der Waals surface area contributed by atoms with Crippen LogP contribution in [0, 0.1) is 5.41 Å². The maximum atomic E-state index is 12.0. The van der Waals surface area contributed by atoms with Crippen molar-refractivity contribution in [2.75, 3.05) is 5.32 Å². The van der Waals surface area contributed by atoms with Gasteiger partial charge in [-0.05, 0) is 30.5 Å². The molecule has 1 aliphatic carbocycles. The third-order valence-electron chi connectivity index (χ3n) is 3.66. The first-order chi connectivity index (χ1) is 9.52. The van der Waals surface area contributed by atoms with Gasteiger partial charge in [-0.15, -0.1) is 0 Å². The van der Waals surface area contributed by atoms with Crippen LogP contribution in [-0.4, -0.2) is 27.0 Å². The highest BCUT2D eigenvalue weighted by Gasteiger charge is 2.41. The van der Waals surface area contributed by atoms with E-state index in [-0.39, 0.29) is 23.4 Å². The fraction of sp³-hybridized carbons (Fsp3) is 0.538. The fourth-order valence-electron chi connectivity index (χ4n) is 2.59. The molecule has 1 aromatic heterocycles. The van der Waals surface area contributed by atoms with Gasteiger partial charge in [0.15, 0.2) is 0 Å². The Bertz CT molecular complexity index is 515. The molecule has 0 saturated heterocycles. The highest BCUT2D eigenvalue weighted by molar-refractivity contribution is 6.28. The number of carboxylic acid groups (broad SMARTS) is 1. The van der Waals surface area contributed by atoms with Gasteiger partial charge in [-0.3, -0.25) is 9.59 Å². The Morgan fingerprint density at radius 2 is 2.05 bits per heavy atom. The topological polar surface area (TPSA) is 92.2 Å². The third-order valence-corrected chi connectivity index (χ3v) is 3.84. The first-order valence-corrected chi connectivity index (χ1v) is 6.91. The summed E-state index contributed by atoms with van der Waals surface area (Å²) >= 11 is 5.63. The van der Waals surface area contributed by atoms with Crippen LogP contribution < -0.4 is 5.32 Å². The van der Waals surface area contributed by atoms with E-state index >= 15 is 0 Å². The molecule has 0 radical (unpaired) electrons. The molecule has 108 valence electrons. The van der Waals surface area contributed by atoms with E-state index in [1.807, 2.05) is 0 Å². The van der Waals surface area contributed by atoms with Gasteiger partial charge in [-0.2, -0.15) is 0 Å². The quantitative estimate of drug-likeness (QED) is 0.833. The molecular weight excluding hydrogens is 282 g/mol. The molecule has 6 nitrogen and oxygen atoms in total. The van der Waals surface area contributed by atoms with Crippen molar-refractivity contribution in [3.05, 3.63) is 17.5 Å². The summed E-state index contributed by atoms with van der Waals surface area (Å²) in [6.07, 6.45) is 5.19. The van der Waals surface area contributed by atoms with E-state index in [4.69, 9.17) is 11.6 Å². The number of nitrogens with zero attached hydrogens (tertiary/aromatic N) is 2. The van der Waals surface area contributed by atoms with Crippen LogP contribution in [0.4, 0.5) is 5.82 Å². The molecule has 0 bridgehead atoms. The molecule has 1 amide bonds. The molecule has 1 saturated carbocycles. The lowest BCUT2D eigenvalue weighted by molar-refractivity contribution is -0.153. The van der Waals surface area contributed by atoms with Gasteiger partial charge in [0, 0.05) is 12.6 Å². The van der Waals surface area contributed by atoms with Crippen molar-refractivity contribution in [2.45, 2.75) is 38.5 Å². The van der Waals surface area contributed by atoms with Crippen molar-refractivity contribution in [1.82, 2.24) is 9.97 Å². The largest absolute Gasteiger partial charge is 0.481 e. The zero-order valence-corrected chi connectivity index (χ0v) is 11.7. The van der Waals surface area contributed by atoms with E-state index in [0.29, 0.717) is 12.8 Å². The number of carbonyl (C=O) groups excluding carboxylic acids is 1. The summed E-state index contributed by atoms with van der Waals surface area (Å²) in [4.78, 5) is 31.1. The Morgan fingerprint density at radius 1 is 1.35 bits per heavy atom. The minimum Gasteiger partial charge on any atom is -0.481 e. The van der Waals surface area contributed by atoms with E-state index in [9.17, 15) is 14.7 Å². The summed E-state index contributed by atoms with van der Waals surface area (Å²) < 4.78 is 0. The third kappa shape index (κ3) is 3.45. The second-order valence-electron chi connectivity index (χ2n) is 5.08. The van der Waals surface area contributed by atoms with Crippen molar-refractivity contribution in [3.63, 3.8) is 0 Å². The van der Waals surface area contributed by atoms with Crippen LogP contribution >= 0.6 is 11.6 Å². The highest BCUT2D eigenvalue weighted by atomic mass is 35.5. The molecule has 1 aliphatic rings. The maximum absolute atomic E-state index is 12.0. The van der Waals surface area contributed by atoms with Crippen molar-refractivity contribution in [3.8, 4) is 0 Å². The van der Waals surface area contributed by atoms with Crippen LogP contribution in [0.1, 0.15) is 38.5 Å². The Balaban J connectivity index is 2.03. The van der Waals surface area contributed by atoms with Gasteiger partial charge in [-0.1, -0.05) is 19.3 Å². The number of carboxylic acids is 1. The van der Waals surface area contributed by atoms with Crippen LogP contribution in [0.25, 0.3) is 0 Å². The van der Waals surface area contributed by atoms with E-state index < -0.39 is 11.4 Å². The van der Waals surface area contributed by atoms with Gasteiger partial charge >= 0.3 is 5.97 Å². The van der Waals surface area contributed by atoms with Crippen molar-refractivity contribution in [2.24, 2.45) is 5.41 Å². The van der Waals surface area contributed by atoms with Crippen LogP contribution in [0.3, 0.4) is 0 Å². The fourth-order valence-corrected chi connectivity index (χ4v) is 2.74. The van der Waals surface area contributed by atoms with Gasteiger partial charge in [-0.25, -0.2) is 9.97 Å². The van der Waals surface area contributed by atoms with Crippen molar-refractivity contribution >= 4 is 29.3 Å². The average molecular weight is 298 g/mol. The van der Waals surface area contributed by atoms with E-state index in [1.165, 1.54) is 12.3 Å². The van der Waals surface area contributed by atoms with Gasteiger partial charge in [0.1, 0.15) is 5.82 Å². The second-order valence-corrected chi connectivity index (χ2v) is 5.42. The first-order valence-electron chi connectivity index (χ1n) is 6.54. The van der Waals surface area contributed by atoms with Crippen LogP contribution in [0.15, 0.2) is 12.3 Å². The van der Waals surface area contributed by atoms with E-state index in [1.54, 1.807) is 0 Å². The lowest BCUT2D eigenvalue weighted by Crippen LogP contribution is -2.37. The number of nitrogens with one attached hydrogen (secondary N) is 1. The summed E-state index contributed by atoms with van der Waals surface area (Å²) in [5.74, 6) is -0.969. The summed E-state index contributed by atoms with van der Waals surface area (Å²) in [6.45, 7) is 0. The first kappa shape index (κ1) is 14.7. The Hall–Kier alpha value is -1.69. The molecule has 0 unspecified atom stereocenters. The van der Waals surface area contributed by atoms with Crippen molar-refractivity contribution in [1.29, 1.82) is 0 Å². The number of rotatable bonds is 4. The number of aromatic nitrogens is 2. The molecule has 0 aliphatic heterocycles. The number of carbonyl (C=O) groups is 2. The Labute approximate surface area is 121 Å². The zero-order valence-electron chi connectivity index (χ0n) is 10.9. The monoisotopic (exact) mass is 297 g/mol. The number of anilines is 1. The highest BCUT2D eigenvalue weighted by Crippen LogP contribution is 2.39. The number of hydrogen-bond acceptors (Lipinski definition) is 4. The molecule has 20 heavy (non-hydrogen) atoms. The Morgan fingerprint density at radius 3 is 2.65 bits per heavy atom. The van der Waals surface area contributed by atoms with E-state index in [2.05, 4.69) is 15.3 Å². The summed E-state index contributed by atoms with van der Waals surface area (Å²) in [7, 11) is 0. The minimum absolute atomic E-state index is 0.0356. The molecule has 1 heterocycles. The van der Waals surface area contributed by atoms with Crippen LogP contribution in [-0.2, 0) is 9.59 Å². The molecule has 0 aromatic carbocycles. The van der Waals surface area contributed by atoms with Crippen molar-refractivity contribution < 1.29 is 14.7 Å². The predicted molar refractivity (Wildman–Crippen MR) is 73.4 cm³/mol. The second kappa shape index (κ2) is 6.17. The SMILES string of the molecule is O=C(CC1(C(=O)O)CCCCC1)Nc1ccnc(Cl)n1. The van der Waals surface area contributed by atoms with E-state index in [0.717, 1.165) is 19.3 Å². The van der Waals surface area contributed by atoms with Gasteiger partial charge in [0.25, 0.3) is 0 Å². The zero-order chi connectivity index (χ0) is 14.6. The van der Waals surface area contributed by atoms with Gasteiger partial charge in [0.2, 0.25) is 11.2 Å². The molecular formula is C13H16ClN3O3. The van der Waals surface area contributed by atoms with Crippen LogP contribution in [0.5, 0.6) is 0 Å². The molecule has 0 atom stereocenters. The molecule has 1 fully saturated rings. The van der Waals surface area contributed by atoms with Gasteiger partial charge in [0.05, 0.1) is 5.41 Å².